The molecule has 0 radical (unpaired) electrons. The molecule has 2 aromatic rings. The standard InChI is InChI=1S/C16H11Cl2NO2/c1-8-5-11(18)6-9(2)14(8)19-15(20)12-4-3-10(17)7-13(12)16(19)21/h3-7H,1-2H3. The van der Waals surface area contributed by atoms with Gasteiger partial charge in [0.25, 0.3) is 11.8 Å². The van der Waals surface area contributed by atoms with Crippen LogP contribution in [0.2, 0.25) is 10.0 Å². The topological polar surface area (TPSA) is 37.4 Å². The van der Waals surface area contributed by atoms with E-state index in [-0.39, 0.29) is 11.8 Å². The lowest BCUT2D eigenvalue weighted by atomic mass is 10.1. The molecule has 2 aromatic carbocycles. The molecule has 2 amide bonds. The predicted octanol–water partition coefficient (Wildman–Crippen LogP) is 4.41. The molecule has 0 spiro atoms. The van der Waals surface area contributed by atoms with Crippen LogP contribution in [-0.2, 0) is 0 Å². The summed E-state index contributed by atoms with van der Waals surface area (Å²) in [5.41, 5.74) is 2.85. The van der Waals surface area contributed by atoms with Crippen LogP contribution in [0.5, 0.6) is 0 Å². The van der Waals surface area contributed by atoms with E-state index in [2.05, 4.69) is 0 Å². The maximum absolute atomic E-state index is 12.6. The number of aryl methyl sites for hydroxylation is 2. The second-order valence-corrected chi connectivity index (χ2v) is 5.90. The van der Waals surface area contributed by atoms with E-state index in [0.29, 0.717) is 26.9 Å². The van der Waals surface area contributed by atoms with Crippen LogP contribution < -0.4 is 4.90 Å². The van der Waals surface area contributed by atoms with Gasteiger partial charge < -0.3 is 0 Å². The average molecular weight is 320 g/mol. The molecule has 0 saturated carbocycles. The van der Waals surface area contributed by atoms with Gasteiger partial charge in [0.2, 0.25) is 0 Å². The Labute approximate surface area is 132 Å². The summed E-state index contributed by atoms with van der Waals surface area (Å²) in [6, 6.07) is 8.19. The largest absolute Gasteiger partial charge is 0.268 e. The zero-order valence-electron chi connectivity index (χ0n) is 11.4. The zero-order chi connectivity index (χ0) is 15.3. The fourth-order valence-electron chi connectivity index (χ4n) is 2.67. The van der Waals surface area contributed by atoms with E-state index >= 15 is 0 Å². The second kappa shape index (κ2) is 4.86. The number of benzene rings is 2. The van der Waals surface area contributed by atoms with Crippen LogP contribution in [0.3, 0.4) is 0 Å². The third-order valence-corrected chi connectivity index (χ3v) is 3.98. The minimum absolute atomic E-state index is 0.333. The number of hydrogen-bond donors (Lipinski definition) is 0. The van der Waals surface area contributed by atoms with Crippen LogP contribution in [0.15, 0.2) is 30.3 Å². The van der Waals surface area contributed by atoms with E-state index in [1.165, 1.54) is 11.0 Å². The summed E-state index contributed by atoms with van der Waals surface area (Å²) < 4.78 is 0. The maximum atomic E-state index is 12.6. The fraction of sp³-hybridized carbons (Fsp3) is 0.125. The normalized spacial score (nSPS) is 13.8. The van der Waals surface area contributed by atoms with Gasteiger partial charge in [0, 0.05) is 10.0 Å². The Morgan fingerprint density at radius 2 is 1.38 bits per heavy atom. The first-order valence-corrected chi connectivity index (χ1v) is 7.11. The van der Waals surface area contributed by atoms with E-state index in [1.807, 2.05) is 13.8 Å². The lowest BCUT2D eigenvalue weighted by molar-refractivity contribution is 0.0925. The fourth-order valence-corrected chi connectivity index (χ4v) is 3.17. The number of hydrogen-bond acceptors (Lipinski definition) is 2. The van der Waals surface area contributed by atoms with Crippen LogP contribution in [0, 0.1) is 13.8 Å². The van der Waals surface area contributed by atoms with Gasteiger partial charge in [0.15, 0.2) is 0 Å². The zero-order valence-corrected chi connectivity index (χ0v) is 12.9. The van der Waals surface area contributed by atoms with Gasteiger partial charge in [0.05, 0.1) is 16.8 Å². The van der Waals surface area contributed by atoms with Crippen LogP contribution >= 0.6 is 23.2 Å². The molecule has 21 heavy (non-hydrogen) atoms. The number of rotatable bonds is 1. The molecular weight excluding hydrogens is 309 g/mol. The average Bonchev–Trinajstić information content (AvgIpc) is 2.62. The van der Waals surface area contributed by atoms with Crippen LogP contribution in [0.4, 0.5) is 5.69 Å². The Morgan fingerprint density at radius 1 is 0.810 bits per heavy atom. The van der Waals surface area contributed by atoms with Gasteiger partial charge in [-0.15, -0.1) is 0 Å². The van der Waals surface area contributed by atoms with Crippen molar-refractivity contribution >= 4 is 40.7 Å². The Bertz CT molecular complexity index is 776. The third kappa shape index (κ3) is 2.13. The van der Waals surface area contributed by atoms with Gasteiger partial charge in [-0.05, 0) is 55.3 Å². The molecule has 3 rings (SSSR count). The molecule has 0 atom stereocenters. The van der Waals surface area contributed by atoms with Crippen LogP contribution in [0.1, 0.15) is 31.8 Å². The number of anilines is 1. The Balaban J connectivity index is 2.19. The van der Waals surface area contributed by atoms with Crippen LogP contribution in [0.25, 0.3) is 0 Å². The number of nitrogens with zero attached hydrogens (tertiary/aromatic N) is 1. The summed E-state index contributed by atoms with van der Waals surface area (Å²) in [7, 11) is 0. The molecule has 0 unspecified atom stereocenters. The Hall–Kier alpha value is -1.84. The SMILES string of the molecule is Cc1cc(Cl)cc(C)c1N1C(=O)c2ccc(Cl)cc2C1=O. The van der Waals surface area contributed by atoms with Gasteiger partial charge in [0.1, 0.15) is 0 Å². The molecule has 3 nitrogen and oxygen atoms in total. The predicted molar refractivity (Wildman–Crippen MR) is 83.5 cm³/mol. The molecule has 0 bridgehead atoms. The van der Waals surface area contributed by atoms with Crippen molar-refractivity contribution in [2.45, 2.75) is 13.8 Å². The molecule has 0 aromatic heterocycles. The summed E-state index contributed by atoms with van der Waals surface area (Å²) in [5, 5.41) is 1.01. The van der Waals surface area contributed by atoms with E-state index in [0.717, 1.165) is 11.1 Å². The molecule has 0 fully saturated rings. The highest BCUT2D eigenvalue weighted by Crippen LogP contribution is 2.35. The van der Waals surface area contributed by atoms with Crippen molar-refractivity contribution in [2.75, 3.05) is 4.90 Å². The second-order valence-electron chi connectivity index (χ2n) is 5.02. The van der Waals surface area contributed by atoms with Crippen LogP contribution in [-0.4, -0.2) is 11.8 Å². The van der Waals surface area contributed by atoms with Gasteiger partial charge in [-0.2, -0.15) is 0 Å². The summed E-state index contributed by atoms with van der Waals surface area (Å²) in [6.07, 6.45) is 0. The lowest BCUT2D eigenvalue weighted by Crippen LogP contribution is -2.30. The van der Waals surface area contributed by atoms with Crippen molar-refractivity contribution in [1.82, 2.24) is 0 Å². The molecule has 0 aliphatic carbocycles. The molecular formula is C16H11Cl2NO2. The highest BCUT2D eigenvalue weighted by atomic mass is 35.5. The number of fused-ring (bicyclic) bond motifs is 1. The molecule has 0 N–H and O–H groups in total. The monoisotopic (exact) mass is 319 g/mol. The number of amides is 2. The quantitative estimate of drug-likeness (QED) is 0.730. The van der Waals surface area contributed by atoms with E-state index in [9.17, 15) is 9.59 Å². The van der Waals surface area contributed by atoms with E-state index in [4.69, 9.17) is 23.2 Å². The lowest BCUT2D eigenvalue weighted by Gasteiger charge is -2.19. The van der Waals surface area contributed by atoms with E-state index < -0.39 is 0 Å². The van der Waals surface area contributed by atoms with Crippen molar-refractivity contribution in [3.05, 3.63) is 62.6 Å². The van der Waals surface area contributed by atoms with Gasteiger partial charge >= 0.3 is 0 Å². The molecule has 5 heteroatoms. The number of halogens is 2. The van der Waals surface area contributed by atoms with Crippen molar-refractivity contribution in [3.63, 3.8) is 0 Å². The van der Waals surface area contributed by atoms with Crippen molar-refractivity contribution in [3.8, 4) is 0 Å². The first kappa shape index (κ1) is 14.1. The molecule has 1 heterocycles. The first-order chi connectivity index (χ1) is 9.90. The Morgan fingerprint density at radius 3 is 2.00 bits per heavy atom. The van der Waals surface area contributed by atoms with Crippen molar-refractivity contribution in [2.24, 2.45) is 0 Å². The Kier molecular flexibility index (Phi) is 3.27. The smallest absolute Gasteiger partial charge is 0.266 e. The third-order valence-electron chi connectivity index (χ3n) is 3.53. The number of carbonyl (C=O) groups is 2. The molecule has 1 aliphatic rings. The molecule has 0 saturated heterocycles. The summed E-state index contributed by atoms with van der Waals surface area (Å²) in [4.78, 5) is 26.3. The molecule has 106 valence electrons. The molecule has 1 aliphatic heterocycles. The summed E-state index contributed by atoms with van der Waals surface area (Å²) >= 11 is 11.9. The first-order valence-electron chi connectivity index (χ1n) is 6.35. The minimum Gasteiger partial charge on any atom is -0.268 e. The van der Waals surface area contributed by atoms with Gasteiger partial charge in [-0.1, -0.05) is 23.2 Å². The van der Waals surface area contributed by atoms with Crippen molar-refractivity contribution < 1.29 is 9.59 Å². The maximum Gasteiger partial charge on any atom is 0.266 e. The van der Waals surface area contributed by atoms with Gasteiger partial charge in [-0.25, -0.2) is 4.90 Å². The van der Waals surface area contributed by atoms with Crippen molar-refractivity contribution in [1.29, 1.82) is 0 Å². The number of carbonyl (C=O) groups excluding carboxylic acids is 2. The highest BCUT2D eigenvalue weighted by molar-refractivity contribution is 6.37. The highest BCUT2D eigenvalue weighted by Gasteiger charge is 2.38. The number of imide groups is 1. The summed E-state index contributed by atoms with van der Waals surface area (Å²) in [5.74, 6) is -0.689. The van der Waals surface area contributed by atoms with E-state index in [1.54, 1.807) is 24.3 Å². The minimum atomic E-state index is -0.356. The summed E-state index contributed by atoms with van der Waals surface area (Å²) in [6.45, 7) is 3.65. The van der Waals surface area contributed by atoms with Gasteiger partial charge in [-0.3, -0.25) is 9.59 Å².